The molecule has 1 atom stereocenters. The molecule has 3 aromatic rings. The third-order valence-corrected chi connectivity index (χ3v) is 6.73. The van der Waals surface area contributed by atoms with Crippen molar-refractivity contribution in [2.45, 2.75) is 44.5 Å². The number of hydrogen-bond acceptors (Lipinski definition) is 6. The lowest BCUT2D eigenvalue weighted by molar-refractivity contribution is 0.0599. The van der Waals surface area contributed by atoms with Crippen LogP contribution in [0.5, 0.6) is 0 Å². The predicted octanol–water partition coefficient (Wildman–Crippen LogP) is 4.44. The van der Waals surface area contributed by atoms with E-state index in [1.807, 2.05) is 24.4 Å². The van der Waals surface area contributed by atoms with Gasteiger partial charge in [0.2, 0.25) is 0 Å². The zero-order chi connectivity index (χ0) is 22.7. The van der Waals surface area contributed by atoms with Crippen LogP contribution < -0.4 is 0 Å². The van der Waals surface area contributed by atoms with Gasteiger partial charge in [-0.15, -0.1) is 0 Å². The standard InChI is InChI=1S/C24H27N3O4S/c1-15-21(23(29)30-3)16(2)26-22(15)20(28)14-32-24-25-12-19(17-8-5-4-6-9-17)27(24)13-18-10-7-11-31-18/h4-6,8-9,12,18,26H,7,10-11,13-14H2,1-3H3/t18-/m0/s1. The molecule has 0 spiro atoms. The van der Waals surface area contributed by atoms with Crippen LogP contribution in [-0.4, -0.2) is 51.9 Å². The van der Waals surface area contributed by atoms with Crippen molar-refractivity contribution in [3.8, 4) is 11.3 Å². The number of esters is 1. The summed E-state index contributed by atoms with van der Waals surface area (Å²) in [5.41, 5.74) is 4.20. The lowest BCUT2D eigenvalue weighted by Crippen LogP contribution is -2.17. The molecule has 0 bridgehead atoms. The Morgan fingerprint density at radius 3 is 2.75 bits per heavy atom. The van der Waals surface area contributed by atoms with Gasteiger partial charge < -0.3 is 19.0 Å². The summed E-state index contributed by atoms with van der Waals surface area (Å²) in [7, 11) is 1.34. The number of nitrogens with zero attached hydrogens (tertiary/aromatic N) is 2. The van der Waals surface area contributed by atoms with Crippen LogP contribution in [0.25, 0.3) is 11.3 Å². The lowest BCUT2D eigenvalue weighted by Gasteiger charge is -2.16. The molecule has 1 aliphatic rings. The molecule has 8 heteroatoms. The fourth-order valence-electron chi connectivity index (χ4n) is 4.12. The molecule has 0 amide bonds. The third-order valence-electron chi connectivity index (χ3n) is 5.74. The molecule has 4 rings (SSSR count). The first-order chi connectivity index (χ1) is 15.5. The molecule has 1 aliphatic heterocycles. The van der Waals surface area contributed by atoms with Crippen molar-refractivity contribution in [2.75, 3.05) is 19.5 Å². The predicted molar refractivity (Wildman–Crippen MR) is 123 cm³/mol. The second kappa shape index (κ2) is 9.75. The van der Waals surface area contributed by atoms with Crippen LogP contribution in [0.2, 0.25) is 0 Å². The van der Waals surface area contributed by atoms with Crippen LogP contribution in [0, 0.1) is 13.8 Å². The maximum atomic E-state index is 13.0. The second-order valence-electron chi connectivity index (χ2n) is 7.87. The molecular formula is C24H27N3O4S. The average Bonchev–Trinajstić information content (AvgIpc) is 3.52. The van der Waals surface area contributed by atoms with Gasteiger partial charge >= 0.3 is 5.97 Å². The fourth-order valence-corrected chi connectivity index (χ4v) is 4.98. The maximum absolute atomic E-state index is 13.0. The number of aromatic amines is 1. The first kappa shape index (κ1) is 22.4. The van der Waals surface area contributed by atoms with Crippen molar-refractivity contribution in [2.24, 2.45) is 0 Å². The zero-order valence-corrected chi connectivity index (χ0v) is 19.3. The van der Waals surface area contributed by atoms with Gasteiger partial charge in [0.05, 0.1) is 48.7 Å². The van der Waals surface area contributed by atoms with Gasteiger partial charge in [0, 0.05) is 12.3 Å². The quantitative estimate of drug-likeness (QED) is 0.308. The molecule has 0 saturated carbocycles. The van der Waals surface area contributed by atoms with Crippen LogP contribution in [-0.2, 0) is 16.0 Å². The van der Waals surface area contributed by atoms with Gasteiger partial charge in [0.25, 0.3) is 0 Å². The van der Waals surface area contributed by atoms with E-state index in [1.165, 1.54) is 18.9 Å². The Balaban J connectivity index is 1.56. The number of methoxy groups -OCH3 is 1. The highest BCUT2D eigenvalue weighted by Crippen LogP contribution is 2.29. The summed E-state index contributed by atoms with van der Waals surface area (Å²) in [6.45, 7) is 5.02. The molecule has 1 aromatic carbocycles. The molecule has 1 saturated heterocycles. The number of ketones is 1. The van der Waals surface area contributed by atoms with Crippen molar-refractivity contribution in [1.82, 2.24) is 14.5 Å². The van der Waals surface area contributed by atoms with Crippen LogP contribution in [0.4, 0.5) is 0 Å². The number of thioether (sulfide) groups is 1. The van der Waals surface area contributed by atoms with Gasteiger partial charge in [-0.25, -0.2) is 9.78 Å². The number of aryl methyl sites for hydroxylation is 1. The SMILES string of the molecule is COC(=O)c1c(C)[nH]c(C(=O)CSc2ncc(-c3ccccc3)n2C[C@@H]2CCCO2)c1C. The molecule has 32 heavy (non-hydrogen) atoms. The minimum atomic E-state index is -0.442. The number of carbonyl (C=O) groups excluding carboxylic acids is 2. The minimum Gasteiger partial charge on any atom is -0.465 e. The van der Waals surface area contributed by atoms with Gasteiger partial charge in [-0.05, 0) is 37.8 Å². The number of aromatic nitrogens is 3. The number of rotatable bonds is 8. The Bertz CT molecular complexity index is 1110. The topological polar surface area (TPSA) is 86.2 Å². The maximum Gasteiger partial charge on any atom is 0.339 e. The van der Waals surface area contributed by atoms with Gasteiger partial charge in [-0.3, -0.25) is 4.79 Å². The van der Waals surface area contributed by atoms with Gasteiger partial charge in [0.1, 0.15) is 0 Å². The number of carbonyl (C=O) groups is 2. The van der Waals surface area contributed by atoms with Gasteiger partial charge in [0.15, 0.2) is 10.9 Å². The molecule has 1 N–H and O–H groups in total. The van der Waals surface area contributed by atoms with Crippen molar-refractivity contribution in [3.63, 3.8) is 0 Å². The first-order valence-electron chi connectivity index (χ1n) is 10.7. The van der Waals surface area contributed by atoms with Crippen molar-refractivity contribution in [3.05, 3.63) is 59.0 Å². The number of H-pyrrole nitrogens is 1. The van der Waals surface area contributed by atoms with E-state index in [9.17, 15) is 9.59 Å². The zero-order valence-electron chi connectivity index (χ0n) is 18.5. The van der Waals surface area contributed by atoms with E-state index < -0.39 is 5.97 Å². The Kier molecular flexibility index (Phi) is 6.81. The average molecular weight is 454 g/mol. The van der Waals surface area contributed by atoms with Crippen LogP contribution >= 0.6 is 11.8 Å². The normalized spacial score (nSPS) is 15.8. The van der Waals surface area contributed by atoms with Crippen molar-refractivity contribution in [1.29, 1.82) is 0 Å². The molecule has 3 heterocycles. The summed E-state index contributed by atoms with van der Waals surface area (Å²) in [4.78, 5) is 32.7. The number of Topliss-reactive ketones (excluding diaryl/α,β-unsaturated/α-hetero) is 1. The van der Waals surface area contributed by atoms with Crippen molar-refractivity contribution < 1.29 is 19.1 Å². The summed E-state index contributed by atoms with van der Waals surface area (Å²) in [6.07, 6.45) is 4.09. The number of nitrogens with one attached hydrogen (secondary N) is 1. The van der Waals surface area contributed by atoms with Crippen LogP contribution in [0.15, 0.2) is 41.7 Å². The summed E-state index contributed by atoms with van der Waals surface area (Å²) in [6, 6.07) is 10.1. The molecule has 168 valence electrons. The number of ether oxygens (including phenoxy) is 2. The fraction of sp³-hybridized carbons (Fsp3) is 0.375. The van der Waals surface area contributed by atoms with E-state index in [0.717, 1.165) is 35.9 Å². The summed E-state index contributed by atoms with van der Waals surface area (Å²) in [5.74, 6) is -0.320. The summed E-state index contributed by atoms with van der Waals surface area (Å²) >= 11 is 1.40. The highest BCUT2D eigenvalue weighted by atomic mass is 32.2. The van der Waals surface area contributed by atoms with E-state index in [2.05, 4.69) is 26.7 Å². The molecule has 7 nitrogen and oxygen atoms in total. The molecule has 1 fully saturated rings. The molecule has 2 aromatic heterocycles. The number of hydrogen-bond donors (Lipinski definition) is 1. The Morgan fingerprint density at radius 2 is 2.06 bits per heavy atom. The molecule has 0 radical (unpaired) electrons. The number of imidazole rings is 1. The van der Waals surface area contributed by atoms with Crippen molar-refractivity contribution >= 4 is 23.5 Å². The van der Waals surface area contributed by atoms with E-state index in [4.69, 9.17) is 9.47 Å². The van der Waals surface area contributed by atoms with Gasteiger partial charge in [-0.2, -0.15) is 0 Å². The highest BCUT2D eigenvalue weighted by molar-refractivity contribution is 7.99. The Morgan fingerprint density at radius 1 is 1.28 bits per heavy atom. The Labute approximate surface area is 191 Å². The van der Waals surface area contributed by atoms with Crippen LogP contribution in [0.1, 0.15) is 44.9 Å². The van der Waals surface area contributed by atoms with E-state index in [0.29, 0.717) is 29.1 Å². The molecular weight excluding hydrogens is 426 g/mol. The van der Waals surface area contributed by atoms with Crippen LogP contribution in [0.3, 0.4) is 0 Å². The van der Waals surface area contributed by atoms with E-state index in [1.54, 1.807) is 13.8 Å². The second-order valence-corrected chi connectivity index (χ2v) is 8.81. The lowest BCUT2D eigenvalue weighted by atomic mass is 10.1. The summed E-state index contributed by atoms with van der Waals surface area (Å²) in [5, 5.41) is 0.779. The molecule has 0 unspecified atom stereocenters. The monoisotopic (exact) mass is 453 g/mol. The van der Waals surface area contributed by atoms with E-state index >= 15 is 0 Å². The largest absolute Gasteiger partial charge is 0.465 e. The van der Waals surface area contributed by atoms with Gasteiger partial charge in [-0.1, -0.05) is 42.1 Å². The third kappa shape index (κ3) is 4.52. The first-order valence-corrected chi connectivity index (χ1v) is 11.6. The Hall–Kier alpha value is -2.84. The van der Waals surface area contributed by atoms with E-state index in [-0.39, 0.29) is 17.6 Å². The number of benzene rings is 1. The minimum absolute atomic E-state index is 0.0846. The summed E-state index contributed by atoms with van der Waals surface area (Å²) < 4.78 is 12.9. The highest BCUT2D eigenvalue weighted by Gasteiger charge is 2.24. The smallest absolute Gasteiger partial charge is 0.339 e. The molecule has 0 aliphatic carbocycles.